The van der Waals surface area contributed by atoms with E-state index in [1.54, 1.807) is 0 Å². The Hall–Kier alpha value is -1.26. The van der Waals surface area contributed by atoms with Crippen LogP contribution in [0.3, 0.4) is 0 Å². The third kappa shape index (κ3) is 1.82. The van der Waals surface area contributed by atoms with E-state index in [2.05, 4.69) is 14.5 Å². The standard InChI is InChI=1S/C15H19ClN4/c16-10-4-5-11-14(9-10)20(15(17)18-11)13-6-8-19-7-2-1-3-12(13)19/h4-5,9,12-13H,1-3,6-8H2,(H2,17,18). The number of halogens is 1. The Balaban J connectivity index is 1.81. The Labute approximate surface area is 123 Å². The largest absolute Gasteiger partial charge is 0.369 e. The summed E-state index contributed by atoms with van der Waals surface area (Å²) in [6.07, 6.45) is 5.08. The molecule has 0 aliphatic carbocycles. The number of aromatic nitrogens is 2. The Morgan fingerprint density at radius 1 is 1.15 bits per heavy atom. The smallest absolute Gasteiger partial charge is 0.201 e. The Kier molecular flexibility index (Phi) is 2.89. The van der Waals surface area contributed by atoms with E-state index in [0.29, 0.717) is 18.0 Å². The highest BCUT2D eigenvalue weighted by atomic mass is 35.5. The number of fused-ring (bicyclic) bond motifs is 2. The summed E-state index contributed by atoms with van der Waals surface area (Å²) in [7, 11) is 0. The third-order valence-electron chi connectivity index (χ3n) is 4.83. The van der Waals surface area contributed by atoms with Crippen molar-refractivity contribution < 1.29 is 0 Å². The number of nitrogens with two attached hydrogens (primary N) is 1. The number of rotatable bonds is 1. The molecule has 2 aliphatic rings. The SMILES string of the molecule is Nc1nc2ccc(Cl)cc2n1C1CCN2CCCCC12. The van der Waals surface area contributed by atoms with Gasteiger partial charge in [-0.2, -0.15) is 0 Å². The van der Waals surface area contributed by atoms with Crippen molar-refractivity contribution in [1.29, 1.82) is 0 Å². The van der Waals surface area contributed by atoms with E-state index in [0.717, 1.165) is 22.5 Å². The van der Waals surface area contributed by atoms with Crippen LogP contribution in [0, 0.1) is 0 Å². The Morgan fingerprint density at radius 2 is 2.05 bits per heavy atom. The van der Waals surface area contributed by atoms with Crippen LogP contribution < -0.4 is 5.73 Å². The van der Waals surface area contributed by atoms with Crippen LogP contribution in [-0.4, -0.2) is 33.6 Å². The molecule has 2 unspecified atom stereocenters. The van der Waals surface area contributed by atoms with E-state index in [9.17, 15) is 0 Å². The van der Waals surface area contributed by atoms with E-state index < -0.39 is 0 Å². The van der Waals surface area contributed by atoms with Gasteiger partial charge < -0.3 is 10.3 Å². The lowest BCUT2D eigenvalue weighted by molar-refractivity contribution is 0.175. The number of hydrogen-bond acceptors (Lipinski definition) is 3. The van der Waals surface area contributed by atoms with Crippen molar-refractivity contribution in [2.24, 2.45) is 0 Å². The summed E-state index contributed by atoms with van der Waals surface area (Å²) < 4.78 is 2.22. The first kappa shape index (κ1) is 12.5. The Bertz CT molecular complexity index is 651. The molecule has 2 N–H and O–H groups in total. The number of nitrogens with zero attached hydrogens (tertiary/aromatic N) is 3. The summed E-state index contributed by atoms with van der Waals surface area (Å²) in [5, 5.41) is 0.747. The van der Waals surface area contributed by atoms with Gasteiger partial charge in [-0.1, -0.05) is 18.0 Å². The number of hydrogen-bond donors (Lipinski definition) is 1. The van der Waals surface area contributed by atoms with E-state index in [-0.39, 0.29) is 0 Å². The van der Waals surface area contributed by atoms with Gasteiger partial charge in [-0.3, -0.25) is 4.90 Å². The maximum atomic E-state index is 6.20. The summed E-state index contributed by atoms with van der Waals surface area (Å²) >= 11 is 6.15. The van der Waals surface area contributed by atoms with Gasteiger partial charge in [0.2, 0.25) is 5.95 Å². The highest BCUT2D eigenvalue weighted by Gasteiger charge is 2.37. The highest BCUT2D eigenvalue weighted by molar-refractivity contribution is 6.31. The molecule has 1 aromatic heterocycles. The molecule has 5 heteroatoms. The first-order chi connectivity index (χ1) is 9.74. The fourth-order valence-corrected chi connectivity index (χ4v) is 4.12. The lowest BCUT2D eigenvalue weighted by atomic mass is 9.99. The maximum Gasteiger partial charge on any atom is 0.201 e. The molecule has 0 bridgehead atoms. The predicted molar refractivity (Wildman–Crippen MR) is 82.0 cm³/mol. The van der Waals surface area contributed by atoms with Crippen molar-refractivity contribution in [3.63, 3.8) is 0 Å². The molecule has 0 radical (unpaired) electrons. The summed E-state index contributed by atoms with van der Waals surface area (Å²) in [5.74, 6) is 0.625. The minimum Gasteiger partial charge on any atom is -0.369 e. The molecule has 20 heavy (non-hydrogen) atoms. The quantitative estimate of drug-likeness (QED) is 0.878. The molecule has 1 aromatic carbocycles. The lowest BCUT2D eigenvalue weighted by Gasteiger charge is -2.33. The molecule has 0 amide bonds. The van der Waals surface area contributed by atoms with Gasteiger partial charge in [0, 0.05) is 17.6 Å². The number of nitrogen functional groups attached to an aromatic ring is 1. The average molecular weight is 291 g/mol. The third-order valence-corrected chi connectivity index (χ3v) is 5.07. The monoisotopic (exact) mass is 290 g/mol. The van der Waals surface area contributed by atoms with Crippen molar-refractivity contribution in [2.75, 3.05) is 18.8 Å². The van der Waals surface area contributed by atoms with Gasteiger partial charge in [-0.05, 0) is 44.0 Å². The van der Waals surface area contributed by atoms with Crippen LogP contribution in [0.25, 0.3) is 11.0 Å². The minimum atomic E-state index is 0.443. The van der Waals surface area contributed by atoms with Crippen LogP contribution in [-0.2, 0) is 0 Å². The topological polar surface area (TPSA) is 47.1 Å². The lowest BCUT2D eigenvalue weighted by Crippen LogP contribution is -2.37. The summed E-state index contributed by atoms with van der Waals surface area (Å²) in [6.45, 7) is 2.41. The molecule has 106 valence electrons. The first-order valence-electron chi connectivity index (χ1n) is 7.41. The average Bonchev–Trinajstić information content (AvgIpc) is 2.99. The van der Waals surface area contributed by atoms with Crippen LogP contribution in [0.15, 0.2) is 18.2 Å². The van der Waals surface area contributed by atoms with Gasteiger partial charge >= 0.3 is 0 Å². The normalized spacial score (nSPS) is 27.1. The molecule has 2 aliphatic heterocycles. The fourth-order valence-electron chi connectivity index (χ4n) is 3.96. The van der Waals surface area contributed by atoms with E-state index >= 15 is 0 Å². The van der Waals surface area contributed by atoms with Crippen molar-refractivity contribution in [2.45, 2.75) is 37.8 Å². The first-order valence-corrected chi connectivity index (χ1v) is 7.79. The second kappa shape index (κ2) is 4.64. The molecule has 2 aromatic rings. The van der Waals surface area contributed by atoms with Gasteiger partial charge in [0.05, 0.1) is 17.1 Å². The van der Waals surface area contributed by atoms with Crippen molar-refractivity contribution >= 4 is 28.6 Å². The van der Waals surface area contributed by atoms with Gasteiger partial charge in [0.15, 0.2) is 0 Å². The van der Waals surface area contributed by atoms with Crippen LogP contribution in [0.2, 0.25) is 5.02 Å². The van der Waals surface area contributed by atoms with E-state index in [1.165, 1.54) is 32.4 Å². The maximum absolute atomic E-state index is 6.20. The van der Waals surface area contributed by atoms with Crippen LogP contribution in [0.1, 0.15) is 31.7 Å². The molecule has 2 atom stereocenters. The van der Waals surface area contributed by atoms with Gasteiger partial charge in [-0.25, -0.2) is 4.98 Å². The van der Waals surface area contributed by atoms with E-state index in [4.69, 9.17) is 17.3 Å². The highest BCUT2D eigenvalue weighted by Crippen LogP contribution is 2.38. The molecule has 2 fully saturated rings. The molecule has 0 saturated carbocycles. The molecule has 3 heterocycles. The van der Waals surface area contributed by atoms with Crippen molar-refractivity contribution in [3.8, 4) is 0 Å². The number of anilines is 1. The summed E-state index contributed by atoms with van der Waals surface area (Å²) in [4.78, 5) is 7.12. The zero-order valence-electron chi connectivity index (χ0n) is 11.4. The zero-order chi connectivity index (χ0) is 13.7. The molecule has 0 spiro atoms. The second-order valence-electron chi connectivity index (χ2n) is 5.93. The van der Waals surface area contributed by atoms with Crippen LogP contribution >= 0.6 is 11.6 Å². The van der Waals surface area contributed by atoms with Crippen molar-refractivity contribution in [1.82, 2.24) is 14.5 Å². The predicted octanol–water partition coefficient (Wildman–Crippen LogP) is 3.07. The van der Waals surface area contributed by atoms with E-state index in [1.807, 2.05) is 18.2 Å². The number of benzene rings is 1. The molecular formula is C15H19ClN4. The fraction of sp³-hybridized carbons (Fsp3) is 0.533. The number of imidazole rings is 1. The number of piperidine rings is 1. The van der Waals surface area contributed by atoms with Gasteiger partial charge in [0.25, 0.3) is 0 Å². The minimum absolute atomic E-state index is 0.443. The summed E-state index contributed by atoms with van der Waals surface area (Å²) in [5.41, 5.74) is 8.22. The van der Waals surface area contributed by atoms with Gasteiger partial charge in [0.1, 0.15) is 0 Å². The molecular weight excluding hydrogens is 272 g/mol. The molecule has 2 saturated heterocycles. The van der Waals surface area contributed by atoms with Gasteiger partial charge in [-0.15, -0.1) is 0 Å². The van der Waals surface area contributed by atoms with Crippen LogP contribution in [0.5, 0.6) is 0 Å². The second-order valence-corrected chi connectivity index (χ2v) is 6.36. The molecule has 4 nitrogen and oxygen atoms in total. The Morgan fingerprint density at radius 3 is 2.95 bits per heavy atom. The summed E-state index contributed by atoms with van der Waals surface area (Å²) in [6, 6.07) is 6.88. The molecule has 4 rings (SSSR count). The zero-order valence-corrected chi connectivity index (χ0v) is 12.2. The van der Waals surface area contributed by atoms with Crippen molar-refractivity contribution in [3.05, 3.63) is 23.2 Å². The van der Waals surface area contributed by atoms with Crippen LogP contribution in [0.4, 0.5) is 5.95 Å².